The number of carbonyl (C=O) groups excluding carboxylic acids is 1. The zero-order chi connectivity index (χ0) is 18.8. The maximum atomic E-state index is 12.2. The lowest BCUT2D eigenvalue weighted by atomic mass is 9.77. The van der Waals surface area contributed by atoms with Gasteiger partial charge in [0, 0.05) is 35.2 Å². The average Bonchev–Trinajstić information content (AvgIpc) is 2.98. The van der Waals surface area contributed by atoms with Crippen LogP contribution in [0.2, 0.25) is 5.02 Å². The Labute approximate surface area is 156 Å². The number of carbonyl (C=O) groups is 3. The van der Waals surface area contributed by atoms with Crippen LogP contribution in [-0.2, 0) is 14.4 Å². The van der Waals surface area contributed by atoms with Gasteiger partial charge in [-0.3, -0.25) is 9.69 Å². The molecule has 2 unspecified atom stereocenters. The SMILES string of the molecule is O=C(O)/C=C/C(=O)O.O=C1CN2C3CC[C@H]2C[C@H](c2ccc(Cl)cc2)[C@H]13. The first-order chi connectivity index (χ1) is 12.4. The fraction of sp³-hybridized carbons (Fsp3) is 0.421. The van der Waals surface area contributed by atoms with E-state index in [1.807, 2.05) is 12.1 Å². The number of Topliss-reactive ketones (excluding diaryl/α,β-unsaturated/α-hetero) is 1. The van der Waals surface area contributed by atoms with E-state index in [-0.39, 0.29) is 5.92 Å². The van der Waals surface area contributed by atoms with E-state index in [0.29, 0.717) is 42.5 Å². The van der Waals surface area contributed by atoms with Crippen molar-refractivity contribution in [1.82, 2.24) is 4.90 Å². The smallest absolute Gasteiger partial charge is 0.328 e. The second-order valence-corrected chi connectivity index (χ2v) is 7.30. The number of ketones is 1. The molecule has 0 saturated carbocycles. The Morgan fingerprint density at radius 2 is 1.69 bits per heavy atom. The molecule has 5 atom stereocenters. The number of hydrogen-bond acceptors (Lipinski definition) is 4. The van der Waals surface area contributed by atoms with Gasteiger partial charge in [-0.25, -0.2) is 9.59 Å². The minimum absolute atomic E-state index is 0.241. The van der Waals surface area contributed by atoms with Crippen molar-refractivity contribution < 1.29 is 24.6 Å². The highest BCUT2D eigenvalue weighted by Gasteiger charge is 2.55. The molecule has 26 heavy (non-hydrogen) atoms. The molecular weight excluding hydrogens is 358 g/mol. The van der Waals surface area contributed by atoms with Crippen LogP contribution >= 0.6 is 11.6 Å². The number of rotatable bonds is 3. The van der Waals surface area contributed by atoms with E-state index in [1.165, 1.54) is 18.4 Å². The van der Waals surface area contributed by atoms with Crippen molar-refractivity contribution in [2.24, 2.45) is 5.92 Å². The summed E-state index contributed by atoms with van der Waals surface area (Å²) >= 11 is 5.95. The number of hydrogen-bond donors (Lipinski definition) is 2. The summed E-state index contributed by atoms with van der Waals surface area (Å²) in [4.78, 5) is 33.8. The van der Waals surface area contributed by atoms with Crippen LogP contribution in [-0.4, -0.2) is 51.5 Å². The predicted octanol–water partition coefficient (Wildman–Crippen LogP) is 2.57. The van der Waals surface area contributed by atoms with E-state index in [4.69, 9.17) is 21.8 Å². The van der Waals surface area contributed by atoms with Crippen LogP contribution < -0.4 is 0 Å². The largest absolute Gasteiger partial charge is 0.478 e. The number of piperidine rings is 1. The molecule has 3 aliphatic heterocycles. The van der Waals surface area contributed by atoms with Crippen LogP contribution in [0.5, 0.6) is 0 Å². The molecule has 4 rings (SSSR count). The molecule has 3 heterocycles. The highest BCUT2D eigenvalue weighted by atomic mass is 35.5. The zero-order valence-corrected chi connectivity index (χ0v) is 14.8. The fourth-order valence-electron chi connectivity index (χ4n) is 4.48. The first kappa shape index (κ1) is 18.6. The van der Waals surface area contributed by atoms with Crippen LogP contribution in [0.25, 0.3) is 0 Å². The maximum absolute atomic E-state index is 12.2. The molecule has 0 aliphatic carbocycles. The summed E-state index contributed by atoms with van der Waals surface area (Å²) in [7, 11) is 0. The van der Waals surface area contributed by atoms with Crippen LogP contribution in [0.15, 0.2) is 36.4 Å². The molecule has 3 aliphatic rings. The summed E-state index contributed by atoms with van der Waals surface area (Å²) in [5, 5.41) is 16.4. The molecule has 0 aromatic heterocycles. The Kier molecular flexibility index (Phi) is 5.44. The van der Waals surface area contributed by atoms with Gasteiger partial charge in [0.25, 0.3) is 0 Å². The van der Waals surface area contributed by atoms with Gasteiger partial charge in [0.2, 0.25) is 0 Å². The number of nitrogens with zero attached hydrogens (tertiary/aromatic N) is 1. The van der Waals surface area contributed by atoms with Crippen molar-refractivity contribution in [2.45, 2.75) is 37.3 Å². The van der Waals surface area contributed by atoms with Crippen LogP contribution in [0.3, 0.4) is 0 Å². The molecule has 1 aromatic carbocycles. The number of halogens is 1. The van der Waals surface area contributed by atoms with Crippen molar-refractivity contribution in [2.75, 3.05) is 6.54 Å². The lowest BCUT2D eigenvalue weighted by molar-refractivity contribution is -0.134. The first-order valence-corrected chi connectivity index (χ1v) is 8.92. The average molecular weight is 378 g/mol. The van der Waals surface area contributed by atoms with E-state index >= 15 is 0 Å². The van der Waals surface area contributed by atoms with Gasteiger partial charge >= 0.3 is 11.9 Å². The Morgan fingerprint density at radius 1 is 1.08 bits per heavy atom. The second kappa shape index (κ2) is 7.60. The van der Waals surface area contributed by atoms with Gasteiger partial charge < -0.3 is 10.2 Å². The monoisotopic (exact) mass is 377 g/mol. The number of benzene rings is 1. The molecule has 3 saturated heterocycles. The van der Waals surface area contributed by atoms with Crippen molar-refractivity contribution in [3.8, 4) is 0 Å². The summed E-state index contributed by atoms with van der Waals surface area (Å²) in [5.74, 6) is -1.39. The molecule has 3 fully saturated rings. The first-order valence-electron chi connectivity index (χ1n) is 8.54. The molecule has 6 nitrogen and oxygen atoms in total. The highest BCUT2D eigenvalue weighted by Crippen LogP contribution is 2.50. The summed E-state index contributed by atoms with van der Waals surface area (Å²) < 4.78 is 0. The molecule has 0 amide bonds. The van der Waals surface area contributed by atoms with Gasteiger partial charge in [0.05, 0.1) is 6.54 Å². The molecule has 1 aromatic rings. The van der Waals surface area contributed by atoms with Gasteiger partial charge in [-0.15, -0.1) is 0 Å². The molecule has 0 radical (unpaired) electrons. The fourth-order valence-corrected chi connectivity index (χ4v) is 4.61. The molecule has 4 bridgehead atoms. The molecule has 2 N–H and O–H groups in total. The summed E-state index contributed by atoms with van der Waals surface area (Å²) in [6.45, 7) is 0.699. The van der Waals surface area contributed by atoms with E-state index in [2.05, 4.69) is 17.0 Å². The minimum Gasteiger partial charge on any atom is -0.478 e. The van der Waals surface area contributed by atoms with Crippen LogP contribution in [0.1, 0.15) is 30.7 Å². The van der Waals surface area contributed by atoms with Crippen molar-refractivity contribution in [3.05, 3.63) is 47.0 Å². The van der Waals surface area contributed by atoms with Crippen molar-refractivity contribution in [1.29, 1.82) is 0 Å². The van der Waals surface area contributed by atoms with E-state index in [1.54, 1.807) is 0 Å². The van der Waals surface area contributed by atoms with Gasteiger partial charge in [-0.05, 0) is 42.9 Å². The molecule has 7 heteroatoms. The predicted molar refractivity (Wildman–Crippen MR) is 95.2 cm³/mol. The van der Waals surface area contributed by atoms with Crippen LogP contribution in [0.4, 0.5) is 0 Å². The summed E-state index contributed by atoms with van der Waals surface area (Å²) in [6.07, 6.45) is 4.75. The van der Waals surface area contributed by atoms with Crippen molar-refractivity contribution in [3.63, 3.8) is 0 Å². The van der Waals surface area contributed by atoms with E-state index in [0.717, 1.165) is 11.4 Å². The lowest BCUT2D eigenvalue weighted by Gasteiger charge is -2.36. The molecule has 138 valence electrons. The third kappa shape index (κ3) is 3.81. The minimum atomic E-state index is -1.26. The van der Waals surface area contributed by atoms with Gasteiger partial charge in [0.1, 0.15) is 0 Å². The third-order valence-electron chi connectivity index (χ3n) is 5.44. The topological polar surface area (TPSA) is 94.9 Å². The Balaban J connectivity index is 0.000000211. The van der Waals surface area contributed by atoms with E-state index in [9.17, 15) is 14.4 Å². The Hall–Kier alpha value is -2.18. The lowest BCUT2D eigenvalue weighted by Crippen LogP contribution is -2.40. The third-order valence-corrected chi connectivity index (χ3v) is 5.69. The maximum Gasteiger partial charge on any atom is 0.328 e. The molecule has 0 spiro atoms. The Morgan fingerprint density at radius 3 is 2.27 bits per heavy atom. The standard InChI is InChI=1S/C15H16ClNO.C4H4O4/c16-10-3-1-9(2-4-10)12-7-11-5-6-13-15(12)14(18)8-17(11)13;5-3(6)1-2-4(7)8/h1-4,11-13,15H,5-8H2;1-2H,(H,5,6)(H,7,8)/b;2-1+/t11-,12+,13?,15-;/m0./s1. The Bertz CT molecular complexity index is 729. The highest BCUT2D eigenvalue weighted by molar-refractivity contribution is 6.30. The van der Waals surface area contributed by atoms with Gasteiger partial charge in [-0.2, -0.15) is 0 Å². The summed E-state index contributed by atoms with van der Waals surface area (Å²) in [5.41, 5.74) is 1.30. The number of aliphatic carboxylic acids is 2. The van der Waals surface area contributed by atoms with Gasteiger partial charge in [0.15, 0.2) is 5.78 Å². The van der Waals surface area contributed by atoms with Crippen molar-refractivity contribution >= 4 is 29.3 Å². The number of carboxylic acid groups (broad SMARTS) is 2. The normalized spacial score (nSPS) is 31.6. The molecular formula is C19H20ClNO5. The quantitative estimate of drug-likeness (QED) is 0.786. The number of carboxylic acids is 2. The second-order valence-electron chi connectivity index (χ2n) is 6.87. The van der Waals surface area contributed by atoms with E-state index < -0.39 is 11.9 Å². The van der Waals surface area contributed by atoms with Gasteiger partial charge in [-0.1, -0.05) is 23.7 Å². The zero-order valence-electron chi connectivity index (χ0n) is 14.0. The summed E-state index contributed by atoms with van der Waals surface area (Å²) in [6, 6.07) is 9.27. The van der Waals surface area contributed by atoms with Crippen LogP contribution in [0, 0.1) is 5.92 Å².